The molecule has 82 valence electrons. The van der Waals surface area contributed by atoms with Gasteiger partial charge in [-0.2, -0.15) is 0 Å². The van der Waals surface area contributed by atoms with Crippen LogP contribution >= 0.6 is 22.6 Å². The summed E-state index contributed by atoms with van der Waals surface area (Å²) in [7, 11) is 0. The summed E-state index contributed by atoms with van der Waals surface area (Å²) in [6.07, 6.45) is 2.61. The van der Waals surface area contributed by atoms with Crippen molar-refractivity contribution in [1.29, 1.82) is 0 Å². The maximum Gasteiger partial charge on any atom is 0.147 e. The predicted octanol–water partition coefficient (Wildman–Crippen LogP) is 3.29. The minimum Gasteiger partial charge on any atom is -0.505 e. The van der Waals surface area contributed by atoms with Gasteiger partial charge in [-0.25, -0.2) is 4.98 Å². The smallest absolute Gasteiger partial charge is 0.147 e. The third-order valence-corrected chi connectivity index (χ3v) is 3.24. The van der Waals surface area contributed by atoms with E-state index in [1.807, 2.05) is 22.6 Å². The molecule has 0 saturated heterocycles. The Kier molecular flexibility index (Phi) is 3.43. The lowest BCUT2D eigenvalue weighted by Gasteiger charge is -2.03. The standard InChI is InChI=1S/C13H12INO/c1-9-2-4-10(5-3-9)6-11-7-12(16)13(14)15-8-11/h2-5,7-8,16H,6H2,1H3. The van der Waals surface area contributed by atoms with Gasteiger partial charge < -0.3 is 5.11 Å². The molecule has 2 rings (SSSR count). The molecule has 0 aliphatic rings. The van der Waals surface area contributed by atoms with Crippen molar-refractivity contribution in [3.05, 3.63) is 56.9 Å². The van der Waals surface area contributed by atoms with Crippen LogP contribution in [0.1, 0.15) is 16.7 Å². The predicted molar refractivity (Wildman–Crippen MR) is 72.6 cm³/mol. The van der Waals surface area contributed by atoms with Crippen LogP contribution in [0.4, 0.5) is 0 Å². The van der Waals surface area contributed by atoms with Crippen molar-refractivity contribution in [2.45, 2.75) is 13.3 Å². The van der Waals surface area contributed by atoms with E-state index in [0.29, 0.717) is 3.70 Å². The van der Waals surface area contributed by atoms with Crippen LogP contribution in [-0.2, 0) is 6.42 Å². The highest BCUT2D eigenvalue weighted by atomic mass is 127. The van der Waals surface area contributed by atoms with Crippen molar-refractivity contribution in [2.75, 3.05) is 0 Å². The first kappa shape index (κ1) is 11.4. The Morgan fingerprint density at radius 1 is 1.19 bits per heavy atom. The molecule has 0 spiro atoms. The highest BCUT2D eigenvalue weighted by Gasteiger charge is 2.02. The van der Waals surface area contributed by atoms with E-state index in [2.05, 4.69) is 36.2 Å². The lowest BCUT2D eigenvalue weighted by molar-refractivity contribution is 0.467. The number of pyridine rings is 1. The number of aromatic nitrogens is 1. The Hall–Kier alpha value is -1.10. The molecule has 0 amide bonds. The fourth-order valence-electron chi connectivity index (χ4n) is 1.52. The first-order valence-electron chi connectivity index (χ1n) is 5.04. The quantitative estimate of drug-likeness (QED) is 0.679. The maximum atomic E-state index is 9.55. The zero-order chi connectivity index (χ0) is 11.5. The molecule has 2 nitrogen and oxygen atoms in total. The van der Waals surface area contributed by atoms with Gasteiger partial charge in [0.05, 0.1) is 0 Å². The number of aryl methyl sites for hydroxylation is 1. The minimum atomic E-state index is 0.255. The molecule has 1 heterocycles. The molecular weight excluding hydrogens is 313 g/mol. The monoisotopic (exact) mass is 325 g/mol. The van der Waals surface area contributed by atoms with Gasteiger partial charge >= 0.3 is 0 Å². The van der Waals surface area contributed by atoms with Gasteiger partial charge in [-0.05, 0) is 53.1 Å². The van der Waals surface area contributed by atoms with Crippen molar-refractivity contribution in [1.82, 2.24) is 4.98 Å². The first-order valence-corrected chi connectivity index (χ1v) is 6.12. The van der Waals surface area contributed by atoms with Gasteiger partial charge in [0.2, 0.25) is 0 Å². The highest BCUT2D eigenvalue weighted by molar-refractivity contribution is 14.1. The van der Waals surface area contributed by atoms with Crippen LogP contribution in [0.15, 0.2) is 36.5 Å². The second-order valence-corrected chi connectivity index (χ2v) is 4.84. The Morgan fingerprint density at radius 3 is 2.50 bits per heavy atom. The molecule has 3 heteroatoms. The first-order chi connectivity index (χ1) is 7.65. The van der Waals surface area contributed by atoms with Crippen LogP contribution in [0.3, 0.4) is 0 Å². The van der Waals surface area contributed by atoms with Crippen LogP contribution in [0, 0.1) is 10.6 Å². The van der Waals surface area contributed by atoms with Crippen molar-refractivity contribution in [2.24, 2.45) is 0 Å². The van der Waals surface area contributed by atoms with Gasteiger partial charge in [-0.1, -0.05) is 29.8 Å². The van der Waals surface area contributed by atoms with Gasteiger partial charge in [0.1, 0.15) is 9.45 Å². The molecule has 1 N–H and O–H groups in total. The normalized spacial score (nSPS) is 10.4. The zero-order valence-electron chi connectivity index (χ0n) is 8.94. The van der Waals surface area contributed by atoms with E-state index in [0.717, 1.165) is 12.0 Å². The fraction of sp³-hybridized carbons (Fsp3) is 0.154. The van der Waals surface area contributed by atoms with E-state index in [-0.39, 0.29) is 5.75 Å². The summed E-state index contributed by atoms with van der Waals surface area (Å²) in [6.45, 7) is 2.07. The molecule has 16 heavy (non-hydrogen) atoms. The van der Waals surface area contributed by atoms with Crippen molar-refractivity contribution < 1.29 is 5.11 Å². The lowest BCUT2D eigenvalue weighted by Crippen LogP contribution is -1.91. The fourth-order valence-corrected chi connectivity index (χ4v) is 1.81. The number of nitrogens with zero attached hydrogens (tertiary/aromatic N) is 1. The molecule has 0 atom stereocenters. The van der Waals surface area contributed by atoms with Gasteiger partial charge in [-0.3, -0.25) is 0 Å². The van der Waals surface area contributed by atoms with Gasteiger partial charge in [-0.15, -0.1) is 0 Å². The molecule has 1 aromatic heterocycles. The highest BCUT2D eigenvalue weighted by Crippen LogP contribution is 2.19. The second kappa shape index (κ2) is 4.82. The number of hydrogen-bond donors (Lipinski definition) is 1. The summed E-state index contributed by atoms with van der Waals surface area (Å²) in [6, 6.07) is 10.2. The average Bonchev–Trinajstić information content (AvgIpc) is 2.27. The summed E-state index contributed by atoms with van der Waals surface area (Å²) in [5.41, 5.74) is 3.52. The number of rotatable bonds is 2. The Morgan fingerprint density at radius 2 is 1.88 bits per heavy atom. The van der Waals surface area contributed by atoms with E-state index < -0.39 is 0 Å². The molecule has 0 fully saturated rings. The SMILES string of the molecule is Cc1ccc(Cc2cnc(I)c(O)c2)cc1. The number of aromatic hydroxyl groups is 1. The molecule has 2 aromatic rings. The zero-order valence-corrected chi connectivity index (χ0v) is 11.1. The topological polar surface area (TPSA) is 33.1 Å². The van der Waals surface area contributed by atoms with Crippen LogP contribution in [0.25, 0.3) is 0 Å². The molecular formula is C13H12INO. The molecule has 0 aliphatic heterocycles. The van der Waals surface area contributed by atoms with E-state index in [4.69, 9.17) is 0 Å². The van der Waals surface area contributed by atoms with Crippen LogP contribution < -0.4 is 0 Å². The van der Waals surface area contributed by atoms with E-state index in [1.54, 1.807) is 12.3 Å². The number of benzene rings is 1. The van der Waals surface area contributed by atoms with E-state index >= 15 is 0 Å². The summed E-state index contributed by atoms with van der Waals surface area (Å²) < 4.78 is 0.644. The van der Waals surface area contributed by atoms with E-state index in [1.165, 1.54) is 11.1 Å². The Bertz CT molecular complexity index is 494. The minimum absolute atomic E-state index is 0.255. The Labute approximate surface area is 108 Å². The van der Waals surface area contributed by atoms with Gasteiger partial charge in [0.15, 0.2) is 0 Å². The summed E-state index contributed by atoms with van der Waals surface area (Å²) in [5, 5.41) is 9.55. The summed E-state index contributed by atoms with van der Waals surface area (Å²) in [4.78, 5) is 4.13. The lowest BCUT2D eigenvalue weighted by atomic mass is 10.1. The summed E-state index contributed by atoms with van der Waals surface area (Å²) >= 11 is 2.02. The third-order valence-electron chi connectivity index (χ3n) is 2.41. The molecule has 1 aromatic carbocycles. The molecule has 0 radical (unpaired) electrons. The number of hydrogen-bond acceptors (Lipinski definition) is 2. The van der Waals surface area contributed by atoms with Crippen molar-refractivity contribution in [3.8, 4) is 5.75 Å². The van der Waals surface area contributed by atoms with Gasteiger partial charge in [0.25, 0.3) is 0 Å². The molecule has 0 bridgehead atoms. The largest absolute Gasteiger partial charge is 0.505 e. The Balaban J connectivity index is 2.20. The molecule has 0 saturated carbocycles. The molecule has 0 unspecified atom stereocenters. The maximum absolute atomic E-state index is 9.55. The van der Waals surface area contributed by atoms with Crippen molar-refractivity contribution >= 4 is 22.6 Å². The van der Waals surface area contributed by atoms with Crippen LogP contribution in [0.2, 0.25) is 0 Å². The number of halogens is 1. The van der Waals surface area contributed by atoms with E-state index in [9.17, 15) is 5.11 Å². The summed E-state index contributed by atoms with van der Waals surface area (Å²) in [5.74, 6) is 0.255. The average molecular weight is 325 g/mol. The van der Waals surface area contributed by atoms with Crippen molar-refractivity contribution in [3.63, 3.8) is 0 Å². The third kappa shape index (κ3) is 2.72. The van der Waals surface area contributed by atoms with Crippen LogP contribution in [-0.4, -0.2) is 10.1 Å². The second-order valence-electron chi connectivity index (χ2n) is 3.82. The van der Waals surface area contributed by atoms with Gasteiger partial charge in [0, 0.05) is 6.20 Å². The van der Waals surface area contributed by atoms with Crippen LogP contribution in [0.5, 0.6) is 5.75 Å². The molecule has 0 aliphatic carbocycles.